The summed E-state index contributed by atoms with van der Waals surface area (Å²) >= 11 is 0. The molecule has 10 rings (SSSR count). The Bertz CT molecular complexity index is 2850. The smallest absolute Gasteiger partial charge is 0.161 e. The predicted octanol–water partition coefficient (Wildman–Crippen LogP) is 11.5. The van der Waals surface area contributed by atoms with Crippen LogP contribution in [0.1, 0.15) is 0 Å². The van der Waals surface area contributed by atoms with Gasteiger partial charge in [0, 0.05) is 38.1 Å². The van der Waals surface area contributed by atoms with Crippen LogP contribution in [0.2, 0.25) is 0 Å². The van der Waals surface area contributed by atoms with Gasteiger partial charge in [0.2, 0.25) is 0 Å². The third-order valence-electron chi connectivity index (χ3n) is 9.57. The molecule has 0 aliphatic rings. The van der Waals surface area contributed by atoms with Gasteiger partial charge in [-0.3, -0.25) is 0 Å². The van der Waals surface area contributed by atoms with Crippen LogP contribution in [0.4, 0.5) is 0 Å². The van der Waals surface area contributed by atoms with E-state index >= 15 is 0 Å². The SMILES string of the molecule is c1ccc(-c2nc(-c3ccc(-n4c5ccc6ccccc6c5c5ccc6ccccc6c54)c4ccccc34)nc3ccccc23)cc1. The number of aromatic nitrogens is 3. The average Bonchev–Trinajstić information content (AvgIpc) is 3.49. The fourth-order valence-electron chi connectivity index (χ4n) is 7.48. The molecule has 0 N–H and O–H groups in total. The van der Waals surface area contributed by atoms with E-state index in [4.69, 9.17) is 9.97 Å². The van der Waals surface area contributed by atoms with Crippen LogP contribution in [0.15, 0.2) is 164 Å². The van der Waals surface area contributed by atoms with E-state index in [0.29, 0.717) is 0 Å². The maximum absolute atomic E-state index is 5.24. The zero-order chi connectivity index (χ0) is 30.9. The van der Waals surface area contributed by atoms with E-state index in [2.05, 4.69) is 156 Å². The normalized spacial score (nSPS) is 11.8. The van der Waals surface area contributed by atoms with Crippen LogP contribution >= 0.6 is 0 Å². The molecule has 218 valence electrons. The van der Waals surface area contributed by atoms with Crippen LogP contribution < -0.4 is 0 Å². The Balaban J connectivity index is 1.31. The number of nitrogens with zero attached hydrogens (tertiary/aromatic N) is 3. The monoisotopic (exact) mass is 597 g/mol. The maximum atomic E-state index is 5.24. The van der Waals surface area contributed by atoms with Gasteiger partial charge in [-0.15, -0.1) is 0 Å². The number of rotatable bonds is 3. The average molecular weight is 598 g/mol. The zero-order valence-corrected chi connectivity index (χ0v) is 25.4. The summed E-state index contributed by atoms with van der Waals surface area (Å²) in [7, 11) is 0. The van der Waals surface area contributed by atoms with Gasteiger partial charge >= 0.3 is 0 Å². The molecule has 0 aliphatic heterocycles. The summed E-state index contributed by atoms with van der Waals surface area (Å²) in [5, 5.41) is 10.8. The van der Waals surface area contributed by atoms with Crippen LogP contribution in [-0.4, -0.2) is 14.5 Å². The minimum absolute atomic E-state index is 0.726. The van der Waals surface area contributed by atoms with E-state index < -0.39 is 0 Å². The first kappa shape index (κ1) is 26.0. The topological polar surface area (TPSA) is 30.7 Å². The van der Waals surface area contributed by atoms with Crippen LogP contribution in [0.25, 0.3) is 93.4 Å². The van der Waals surface area contributed by atoms with E-state index in [1.165, 1.54) is 43.4 Å². The van der Waals surface area contributed by atoms with E-state index in [-0.39, 0.29) is 0 Å². The van der Waals surface area contributed by atoms with Gasteiger partial charge < -0.3 is 4.57 Å². The largest absolute Gasteiger partial charge is 0.308 e. The summed E-state index contributed by atoms with van der Waals surface area (Å²) in [6.45, 7) is 0. The lowest BCUT2D eigenvalue weighted by atomic mass is 10.0. The van der Waals surface area contributed by atoms with E-state index in [1.807, 2.05) is 12.1 Å². The van der Waals surface area contributed by atoms with Gasteiger partial charge in [0.25, 0.3) is 0 Å². The van der Waals surface area contributed by atoms with Crippen LogP contribution in [-0.2, 0) is 0 Å². The molecule has 8 aromatic carbocycles. The highest BCUT2D eigenvalue weighted by Crippen LogP contribution is 2.42. The summed E-state index contributed by atoms with van der Waals surface area (Å²) in [4.78, 5) is 10.4. The number of fused-ring (bicyclic) bond motifs is 9. The first-order valence-corrected chi connectivity index (χ1v) is 16.0. The molecule has 10 aromatic rings. The number of hydrogen-bond acceptors (Lipinski definition) is 2. The molecule has 0 bridgehead atoms. The van der Waals surface area contributed by atoms with Gasteiger partial charge in [0.05, 0.1) is 27.9 Å². The molecule has 3 heteroatoms. The van der Waals surface area contributed by atoms with Gasteiger partial charge in [-0.1, -0.05) is 140 Å². The molecule has 0 saturated carbocycles. The lowest BCUT2D eigenvalue weighted by Gasteiger charge is -2.16. The maximum Gasteiger partial charge on any atom is 0.161 e. The van der Waals surface area contributed by atoms with Crippen molar-refractivity contribution < 1.29 is 0 Å². The Morgan fingerprint density at radius 1 is 0.404 bits per heavy atom. The lowest BCUT2D eigenvalue weighted by Crippen LogP contribution is -1.99. The van der Waals surface area contributed by atoms with Gasteiger partial charge in [-0.25, -0.2) is 9.97 Å². The Kier molecular flexibility index (Phi) is 5.57. The minimum Gasteiger partial charge on any atom is -0.308 e. The molecule has 0 aliphatic carbocycles. The van der Waals surface area contributed by atoms with Crippen LogP contribution in [0.5, 0.6) is 0 Å². The van der Waals surface area contributed by atoms with Crippen LogP contribution in [0.3, 0.4) is 0 Å². The fourth-order valence-corrected chi connectivity index (χ4v) is 7.48. The summed E-state index contributed by atoms with van der Waals surface area (Å²) in [5.41, 5.74) is 7.54. The third kappa shape index (κ3) is 3.87. The second-order valence-electron chi connectivity index (χ2n) is 12.2. The van der Waals surface area contributed by atoms with E-state index in [1.54, 1.807) is 0 Å². The van der Waals surface area contributed by atoms with Crippen molar-refractivity contribution >= 4 is 65.0 Å². The third-order valence-corrected chi connectivity index (χ3v) is 9.57. The summed E-state index contributed by atoms with van der Waals surface area (Å²) in [6, 6.07) is 58.4. The molecular formula is C44H27N3. The quantitative estimate of drug-likeness (QED) is 0.203. The van der Waals surface area contributed by atoms with Crippen molar-refractivity contribution in [3.8, 4) is 28.3 Å². The van der Waals surface area contributed by atoms with Crippen molar-refractivity contribution in [3.63, 3.8) is 0 Å². The number of para-hydroxylation sites is 1. The molecule has 0 amide bonds. The second-order valence-corrected chi connectivity index (χ2v) is 12.2. The summed E-state index contributed by atoms with van der Waals surface area (Å²) < 4.78 is 2.47. The van der Waals surface area contributed by atoms with Gasteiger partial charge in [0.1, 0.15) is 0 Å². The van der Waals surface area contributed by atoms with Gasteiger partial charge in [-0.2, -0.15) is 0 Å². The van der Waals surface area contributed by atoms with Crippen LogP contribution in [0, 0.1) is 0 Å². The Labute approximate surface area is 271 Å². The molecule has 2 heterocycles. The van der Waals surface area contributed by atoms with Gasteiger partial charge in [-0.05, 0) is 45.8 Å². The highest BCUT2D eigenvalue weighted by atomic mass is 15.0. The summed E-state index contributed by atoms with van der Waals surface area (Å²) in [6.07, 6.45) is 0. The minimum atomic E-state index is 0.726. The molecule has 0 unspecified atom stereocenters. The highest BCUT2D eigenvalue weighted by molar-refractivity contribution is 6.26. The first-order valence-electron chi connectivity index (χ1n) is 16.0. The molecule has 2 aromatic heterocycles. The molecule has 0 atom stereocenters. The Morgan fingerprint density at radius 3 is 1.87 bits per heavy atom. The molecule has 47 heavy (non-hydrogen) atoms. The van der Waals surface area contributed by atoms with Crippen molar-refractivity contribution in [2.24, 2.45) is 0 Å². The fraction of sp³-hybridized carbons (Fsp3) is 0. The lowest BCUT2D eigenvalue weighted by molar-refractivity contribution is 1.20. The Hall–Kier alpha value is -6.32. The molecular weight excluding hydrogens is 571 g/mol. The van der Waals surface area contributed by atoms with Crippen molar-refractivity contribution in [1.82, 2.24) is 14.5 Å². The Morgan fingerprint density at radius 2 is 1.04 bits per heavy atom. The number of benzene rings is 8. The second kappa shape index (κ2) is 10.1. The van der Waals surface area contributed by atoms with Crippen molar-refractivity contribution in [3.05, 3.63) is 164 Å². The molecule has 0 radical (unpaired) electrons. The van der Waals surface area contributed by atoms with Crippen molar-refractivity contribution in [1.29, 1.82) is 0 Å². The number of hydrogen-bond donors (Lipinski definition) is 0. The first-order chi connectivity index (χ1) is 23.3. The zero-order valence-electron chi connectivity index (χ0n) is 25.4. The molecule has 0 saturated heterocycles. The van der Waals surface area contributed by atoms with Gasteiger partial charge in [0.15, 0.2) is 5.82 Å². The van der Waals surface area contributed by atoms with Crippen molar-refractivity contribution in [2.45, 2.75) is 0 Å². The summed E-state index contributed by atoms with van der Waals surface area (Å²) in [5.74, 6) is 0.726. The standard InChI is InChI=1S/C44H27N3/c1-2-14-30(15-3-1)42-36-20-10-11-21-38(36)45-44(46-42)35-25-27-39(34-19-9-8-18-33(34)35)47-40-26-23-28-12-4-6-16-31(28)41(40)37-24-22-29-13-5-7-17-32(29)43(37)47/h1-27H. The molecule has 0 spiro atoms. The molecule has 3 nitrogen and oxygen atoms in total. The van der Waals surface area contributed by atoms with E-state index in [0.717, 1.165) is 50.0 Å². The van der Waals surface area contributed by atoms with E-state index in [9.17, 15) is 0 Å². The van der Waals surface area contributed by atoms with Crippen molar-refractivity contribution in [2.75, 3.05) is 0 Å². The predicted molar refractivity (Wildman–Crippen MR) is 197 cm³/mol. The highest BCUT2D eigenvalue weighted by Gasteiger charge is 2.20. The molecule has 0 fully saturated rings.